The first-order valence-corrected chi connectivity index (χ1v) is 41.6. The van der Waals surface area contributed by atoms with Crippen molar-refractivity contribution in [3.63, 3.8) is 0 Å². The average molecular weight is 1590 g/mol. The maximum Gasteiger partial charge on any atom is 0.328 e. The van der Waals surface area contributed by atoms with E-state index in [-0.39, 0.29) is 99.8 Å². The van der Waals surface area contributed by atoms with Crippen molar-refractivity contribution in [1.29, 1.82) is 0 Å². The Bertz CT molecular complexity index is 4440. The van der Waals surface area contributed by atoms with E-state index in [1.165, 1.54) is 57.7 Å². The van der Waals surface area contributed by atoms with Crippen LogP contribution in [-0.4, -0.2) is 166 Å². The number of esters is 3. The van der Waals surface area contributed by atoms with E-state index < -0.39 is 83.8 Å². The fourth-order valence-corrected chi connectivity index (χ4v) is 17.9. The van der Waals surface area contributed by atoms with Gasteiger partial charge in [-0.05, 0) is 190 Å². The van der Waals surface area contributed by atoms with E-state index in [0.29, 0.717) is 75.6 Å². The quantitative estimate of drug-likeness (QED) is 0.0708. The van der Waals surface area contributed by atoms with Crippen molar-refractivity contribution in [3.8, 4) is 0 Å². The second-order valence-corrected chi connectivity index (χ2v) is 39.1. The first kappa shape index (κ1) is 83.8. The van der Waals surface area contributed by atoms with E-state index in [1.807, 2.05) is 62.3 Å². The standard InChI is InChI=1S/3C26H35N5O5S/c3*1-25(2,3)19-13-11-17-22(28-19)31-15-16(14-26(31,4)5)10-12-18(24(33)36-6)27-20-8-7-9-21(29-20)37(34,35)30-23(17)32/h3*7-9,11,13,16,18H,10,12,14-15H2,1-6H3,(H,27,29)(H,30,32)/t3*16-,18?/m000/s1. The average Bonchev–Trinajstić information content (AvgIpc) is 1.69. The highest BCUT2D eigenvalue weighted by atomic mass is 32.2. The summed E-state index contributed by atoms with van der Waals surface area (Å²) in [5, 5.41) is 8.04. The van der Waals surface area contributed by atoms with Crippen LogP contribution in [0, 0.1) is 17.8 Å². The third-order valence-corrected chi connectivity index (χ3v) is 24.7. The minimum Gasteiger partial charge on any atom is -0.467 e. The Kier molecular flexibility index (Phi) is 24.1. The number of aromatic nitrogens is 6. The summed E-state index contributed by atoms with van der Waals surface area (Å²) >= 11 is 0. The molecule has 0 saturated carbocycles. The van der Waals surface area contributed by atoms with Crippen molar-refractivity contribution in [2.75, 3.05) is 71.6 Å². The molecule has 6 aliphatic heterocycles. The maximum atomic E-state index is 13.4. The Morgan fingerprint density at radius 1 is 0.378 bits per heavy atom. The molecular weight excluding hydrogens is 1480 g/mol. The van der Waals surface area contributed by atoms with Crippen molar-refractivity contribution in [1.82, 2.24) is 44.1 Å². The first-order valence-electron chi connectivity index (χ1n) is 37.2. The number of fused-ring (bicyclic) bond motifs is 18. The van der Waals surface area contributed by atoms with Crippen molar-refractivity contribution >= 4 is 101 Å². The molecule has 3 unspecified atom stereocenters. The summed E-state index contributed by atoms with van der Waals surface area (Å²) in [6.45, 7) is 32.7. The number of amides is 3. The normalized spacial score (nSPS) is 23.1. The van der Waals surface area contributed by atoms with Gasteiger partial charge in [-0.2, -0.15) is 25.3 Å². The summed E-state index contributed by atoms with van der Waals surface area (Å²) in [6, 6.07) is 21.2. The van der Waals surface area contributed by atoms with Crippen LogP contribution >= 0.6 is 0 Å². The summed E-state index contributed by atoms with van der Waals surface area (Å²) in [4.78, 5) is 111. The number of carbonyl (C=O) groups is 6. The van der Waals surface area contributed by atoms with Gasteiger partial charge in [-0.25, -0.2) is 58.5 Å². The van der Waals surface area contributed by atoms with Crippen molar-refractivity contribution in [2.45, 2.75) is 228 Å². The van der Waals surface area contributed by atoms with Crippen LogP contribution in [0.4, 0.5) is 34.9 Å². The predicted molar refractivity (Wildman–Crippen MR) is 420 cm³/mol. The molecule has 6 aromatic heterocycles. The lowest BCUT2D eigenvalue weighted by Gasteiger charge is -2.34. The van der Waals surface area contributed by atoms with Crippen LogP contribution < -0.4 is 44.8 Å². The number of sulfonamides is 3. The monoisotopic (exact) mass is 1590 g/mol. The third kappa shape index (κ3) is 19.3. The number of carbonyl (C=O) groups excluding carboxylic acids is 6. The third-order valence-electron chi connectivity index (χ3n) is 21.0. The topological polar surface area (TPSA) is 392 Å². The molecule has 6 aromatic rings. The molecule has 30 nitrogen and oxygen atoms in total. The van der Waals surface area contributed by atoms with Crippen molar-refractivity contribution in [2.24, 2.45) is 17.8 Å². The van der Waals surface area contributed by atoms with Crippen LogP contribution in [0.1, 0.15) is 210 Å². The Balaban J connectivity index is 0.000000177. The van der Waals surface area contributed by atoms with Gasteiger partial charge >= 0.3 is 17.9 Å². The Morgan fingerprint density at radius 3 is 0.847 bits per heavy atom. The van der Waals surface area contributed by atoms with E-state index >= 15 is 0 Å². The van der Waals surface area contributed by atoms with Gasteiger partial charge in [0.25, 0.3) is 47.8 Å². The molecule has 0 aromatic carbocycles. The molecule has 0 aliphatic carbocycles. The summed E-state index contributed by atoms with van der Waals surface area (Å²) in [6.07, 6.45) is 6.00. The van der Waals surface area contributed by atoms with Gasteiger partial charge in [0.2, 0.25) is 0 Å². The molecule has 12 rings (SSSR count). The lowest BCUT2D eigenvalue weighted by Crippen LogP contribution is -2.41. The molecule has 111 heavy (non-hydrogen) atoms. The van der Waals surface area contributed by atoms with Crippen LogP contribution in [0.5, 0.6) is 0 Å². The highest BCUT2D eigenvalue weighted by molar-refractivity contribution is 7.90. The van der Waals surface area contributed by atoms with E-state index in [9.17, 15) is 54.0 Å². The lowest BCUT2D eigenvalue weighted by atomic mass is 9.91. The molecule has 6 atom stereocenters. The molecule has 6 N–H and O–H groups in total. The van der Waals surface area contributed by atoms with Gasteiger partial charge in [-0.1, -0.05) is 80.5 Å². The Hall–Kier alpha value is -9.63. The van der Waals surface area contributed by atoms with Gasteiger partial charge in [0.15, 0.2) is 15.1 Å². The number of methoxy groups -OCH3 is 3. The predicted octanol–water partition coefficient (Wildman–Crippen LogP) is 9.74. The van der Waals surface area contributed by atoms with Crippen molar-refractivity contribution < 1.29 is 68.2 Å². The summed E-state index contributed by atoms with van der Waals surface area (Å²) in [7, 11) is -8.97. The number of pyridine rings is 6. The van der Waals surface area contributed by atoms with Gasteiger partial charge in [0.05, 0.1) is 38.0 Å². The van der Waals surface area contributed by atoms with Gasteiger partial charge in [0.1, 0.15) is 53.0 Å². The van der Waals surface area contributed by atoms with Crippen molar-refractivity contribution in [3.05, 3.63) is 125 Å². The lowest BCUT2D eigenvalue weighted by molar-refractivity contribution is -0.142. The minimum absolute atomic E-state index is 0.182. The number of hydrogen-bond donors (Lipinski definition) is 6. The van der Waals surface area contributed by atoms with Crippen LogP contribution in [0.25, 0.3) is 0 Å². The molecule has 3 amide bonds. The molecule has 3 fully saturated rings. The molecule has 0 spiro atoms. The SMILES string of the molecule is COC(=O)C1CC[C@@H]2CN(c3nc(C(C)(C)C)ccc3C(=O)NS(=O)(=O)c3cccc(n3)N1)C(C)(C)C2.COC(=O)C1CC[C@@H]2CN(c3nc(C(C)(C)C)ccc3C(=O)NS(=O)(=O)c3cccc(n3)N1)C(C)(C)C2.COC(=O)C1CC[C@@H]2CN(c3nc(C(C)(C)C)ccc3C(=O)NS(=O)(=O)c3cccc(n3)N1)C(C)(C)C2. The van der Waals surface area contributed by atoms with Crippen LogP contribution in [0.2, 0.25) is 0 Å². The fourth-order valence-electron chi connectivity index (χ4n) is 15.1. The largest absolute Gasteiger partial charge is 0.467 e. The molecule has 6 aliphatic rings. The smallest absolute Gasteiger partial charge is 0.328 e. The number of anilines is 6. The van der Waals surface area contributed by atoms with Crippen LogP contribution in [0.3, 0.4) is 0 Å². The molecule has 3 saturated heterocycles. The number of rotatable bonds is 3. The van der Waals surface area contributed by atoms with Gasteiger partial charge < -0.3 is 44.9 Å². The summed E-state index contributed by atoms with van der Waals surface area (Å²) in [5.41, 5.74) is 1.06. The zero-order valence-corrected chi connectivity index (χ0v) is 68.9. The van der Waals surface area contributed by atoms with E-state index in [4.69, 9.17) is 29.2 Å². The second-order valence-electron chi connectivity index (χ2n) is 34.2. The molecule has 33 heteroatoms. The minimum atomic E-state index is -4.31. The number of ether oxygens (including phenoxy) is 3. The van der Waals surface area contributed by atoms with Crippen LogP contribution in [-0.2, 0) is 74.9 Å². The zero-order valence-electron chi connectivity index (χ0n) is 66.5. The molecular formula is C78H105N15O15S3. The first-order chi connectivity index (χ1) is 51.6. The number of hydrogen-bond acceptors (Lipinski definition) is 27. The second kappa shape index (κ2) is 31.9. The Labute approximate surface area is 651 Å². The van der Waals surface area contributed by atoms with E-state index in [0.717, 1.165) is 36.3 Å². The highest BCUT2D eigenvalue weighted by Crippen LogP contribution is 2.45. The van der Waals surface area contributed by atoms with Gasteiger partial charge in [-0.15, -0.1) is 0 Å². The number of nitrogens with one attached hydrogen (secondary N) is 6. The highest BCUT2D eigenvalue weighted by Gasteiger charge is 2.46. The summed E-state index contributed by atoms with van der Waals surface area (Å²) < 4.78 is 100. The molecule has 12 heterocycles. The van der Waals surface area contributed by atoms with E-state index in [1.54, 1.807) is 54.6 Å². The molecule has 12 bridgehead atoms. The van der Waals surface area contributed by atoms with E-state index in [2.05, 4.69) is 101 Å². The van der Waals surface area contributed by atoms with Gasteiger partial charge in [0, 0.05) is 69.6 Å². The van der Waals surface area contributed by atoms with Crippen LogP contribution in [0.15, 0.2) is 106 Å². The van der Waals surface area contributed by atoms with Gasteiger partial charge in [-0.3, -0.25) is 14.4 Å². The fraction of sp³-hybridized carbons (Fsp3) is 0.538. The number of nitrogens with zero attached hydrogens (tertiary/aromatic N) is 9. The molecule has 600 valence electrons. The zero-order chi connectivity index (χ0) is 81.5. The Morgan fingerprint density at radius 2 is 0.622 bits per heavy atom. The maximum absolute atomic E-state index is 13.4. The summed E-state index contributed by atoms with van der Waals surface area (Å²) in [5.74, 6) is -1.09. The molecule has 0 radical (unpaired) electrons.